The molecule has 1 atom stereocenters. The van der Waals surface area contributed by atoms with Gasteiger partial charge in [0.2, 0.25) is 11.8 Å². The molecule has 1 saturated heterocycles. The van der Waals surface area contributed by atoms with Gasteiger partial charge in [-0.2, -0.15) is 13.2 Å². The van der Waals surface area contributed by atoms with Crippen LogP contribution in [0.3, 0.4) is 0 Å². The molecule has 2 N–H and O–H groups in total. The smallest absolute Gasteiger partial charge is 0.383 e. The number of halogens is 4. The van der Waals surface area contributed by atoms with E-state index < -0.39 is 27.9 Å². The number of ether oxygens (including phenoxy) is 1. The fourth-order valence-electron chi connectivity index (χ4n) is 2.05. The number of nitrogens with one attached hydrogen (secondary N) is 2. The van der Waals surface area contributed by atoms with Gasteiger partial charge in [0.1, 0.15) is 5.25 Å². The van der Waals surface area contributed by atoms with Crippen LogP contribution in [0, 0.1) is 0 Å². The third-order valence-electron chi connectivity index (χ3n) is 3.25. The van der Waals surface area contributed by atoms with Crippen LogP contribution in [0.1, 0.15) is 12.0 Å². The molecule has 1 aromatic rings. The number of alkyl halides is 3. The van der Waals surface area contributed by atoms with Gasteiger partial charge >= 0.3 is 6.18 Å². The van der Waals surface area contributed by atoms with Crippen LogP contribution in [0.5, 0.6) is 0 Å². The van der Waals surface area contributed by atoms with Gasteiger partial charge in [-0.3, -0.25) is 14.6 Å². The molecule has 11 heteroatoms. The van der Waals surface area contributed by atoms with Crippen LogP contribution in [0.4, 0.5) is 18.9 Å². The maximum Gasteiger partial charge on any atom is 0.417 e. The number of benzene rings is 1. The zero-order valence-corrected chi connectivity index (χ0v) is 15.1. The number of anilines is 1. The van der Waals surface area contributed by atoms with E-state index in [0.29, 0.717) is 18.3 Å². The van der Waals surface area contributed by atoms with Crippen molar-refractivity contribution in [1.82, 2.24) is 5.32 Å². The highest BCUT2D eigenvalue weighted by atomic mass is 35.5. The number of hydrogen-bond donors (Lipinski definition) is 2. The number of nitrogens with zero attached hydrogens (tertiary/aromatic N) is 1. The third kappa shape index (κ3) is 5.61. The lowest BCUT2D eigenvalue weighted by Gasteiger charge is -2.12. The first kappa shape index (κ1) is 20.5. The molecular formula is C15H15ClF3N3O3S. The molecule has 0 spiro atoms. The Morgan fingerprint density at radius 1 is 1.46 bits per heavy atom. The number of rotatable bonds is 6. The standard InChI is InChI=1S/C15H15ClF3N3O3S/c1-25-5-4-20-14-22-13(24)11(26-14)7-12(23)21-8-2-3-10(16)9(6-8)15(17,18)19/h2-3,6,11H,4-5,7H2,1H3,(H,21,23)(H,20,22,24). The summed E-state index contributed by atoms with van der Waals surface area (Å²) in [6, 6.07) is 3.06. The van der Waals surface area contributed by atoms with E-state index >= 15 is 0 Å². The molecule has 2 amide bonds. The summed E-state index contributed by atoms with van der Waals surface area (Å²) in [6.45, 7) is 0.756. The van der Waals surface area contributed by atoms with Crippen molar-refractivity contribution in [2.24, 2.45) is 4.99 Å². The summed E-state index contributed by atoms with van der Waals surface area (Å²) in [6.07, 6.45) is -4.84. The molecule has 0 aromatic heterocycles. The Balaban J connectivity index is 1.97. The SMILES string of the molecule is COCCN=C1NC(=O)C(CC(=O)Nc2ccc(Cl)c(C(F)(F)F)c2)S1. The van der Waals surface area contributed by atoms with Crippen LogP contribution >= 0.6 is 23.4 Å². The van der Waals surface area contributed by atoms with Crippen LogP contribution < -0.4 is 10.6 Å². The Labute approximate surface area is 156 Å². The number of carbonyl (C=O) groups is 2. The zero-order valence-electron chi connectivity index (χ0n) is 13.5. The van der Waals surface area contributed by atoms with Gasteiger partial charge in [-0.15, -0.1) is 0 Å². The van der Waals surface area contributed by atoms with E-state index in [-0.39, 0.29) is 18.0 Å². The predicted molar refractivity (Wildman–Crippen MR) is 93.4 cm³/mol. The van der Waals surface area contributed by atoms with Crippen LogP contribution in [0.25, 0.3) is 0 Å². The van der Waals surface area contributed by atoms with Gasteiger partial charge in [0.05, 0.1) is 23.7 Å². The molecule has 142 valence electrons. The van der Waals surface area contributed by atoms with Crippen molar-refractivity contribution in [2.75, 3.05) is 25.6 Å². The lowest BCUT2D eigenvalue weighted by molar-refractivity contribution is -0.137. The second-order valence-electron chi connectivity index (χ2n) is 5.22. The Hall–Kier alpha value is -1.78. The fraction of sp³-hybridized carbons (Fsp3) is 0.400. The highest BCUT2D eigenvalue weighted by Crippen LogP contribution is 2.36. The molecule has 1 aromatic carbocycles. The molecule has 0 saturated carbocycles. The average molecular weight is 410 g/mol. The average Bonchev–Trinajstić information content (AvgIpc) is 2.88. The number of amidine groups is 1. The molecule has 1 unspecified atom stereocenters. The summed E-state index contributed by atoms with van der Waals surface area (Å²) in [5, 5.41) is 4.11. The van der Waals surface area contributed by atoms with E-state index in [1.54, 1.807) is 0 Å². The van der Waals surface area contributed by atoms with Crippen LogP contribution in [-0.4, -0.2) is 42.5 Å². The van der Waals surface area contributed by atoms with Gasteiger partial charge in [0.25, 0.3) is 0 Å². The molecule has 1 heterocycles. The summed E-state index contributed by atoms with van der Waals surface area (Å²) in [4.78, 5) is 28.0. The van der Waals surface area contributed by atoms with E-state index in [1.165, 1.54) is 13.2 Å². The minimum Gasteiger partial charge on any atom is -0.383 e. The molecule has 2 rings (SSSR count). The minimum atomic E-state index is -4.63. The van der Waals surface area contributed by atoms with Gasteiger partial charge in [0, 0.05) is 19.2 Å². The number of hydrogen-bond acceptors (Lipinski definition) is 5. The molecule has 0 bridgehead atoms. The van der Waals surface area contributed by atoms with E-state index in [0.717, 1.165) is 23.9 Å². The highest BCUT2D eigenvalue weighted by Gasteiger charge is 2.34. The Kier molecular flexibility index (Phi) is 6.90. The van der Waals surface area contributed by atoms with E-state index in [2.05, 4.69) is 15.6 Å². The number of aliphatic imine (C=N–C) groups is 1. The lowest BCUT2D eigenvalue weighted by Crippen LogP contribution is -2.28. The molecule has 0 aliphatic carbocycles. The maximum absolute atomic E-state index is 12.8. The van der Waals surface area contributed by atoms with Crippen LogP contribution in [0.15, 0.2) is 23.2 Å². The Morgan fingerprint density at radius 2 is 2.19 bits per heavy atom. The van der Waals surface area contributed by atoms with E-state index in [9.17, 15) is 22.8 Å². The second-order valence-corrected chi connectivity index (χ2v) is 6.82. The molecule has 26 heavy (non-hydrogen) atoms. The van der Waals surface area contributed by atoms with Crippen molar-refractivity contribution in [3.63, 3.8) is 0 Å². The van der Waals surface area contributed by atoms with Crippen molar-refractivity contribution in [2.45, 2.75) is 17.8 Å². The van der Waals surface area contributed by atoms with Gasteiger partial charge in [-0.25, -0.2) is 0 Å². The predicted octanol–water partition coefficient (Wildman–Crippen LogP) is 2.92. The van der Waals surface area contributed by atoms with Gasteiger partial charge < -0.3 is 15.4 Å². The van der Waals surface area contributed by atoms with Gasteiger partial charge in [-0.05, 0) is 18.2 Å². The lowest BCUT2D eigenvalue weighted by atomic mass is 10.2. The van der Waals surface area contributed by atoms with E-state index in [1.807, 2.05) is 0 Å². The number of amides is 2. The largest absolute Gasteiger partial charge is 0.417 e. The first-order valence-corrected chi connectivity index (χ1v) is 8.64. The molecular weight excluding hydrogens is 395 g/mol. The normalized spacial score (nSPS) is 18.9. The fourth-order valence-corrected chi connectivity index (χ4v) is 3.27. The monoisotopic (exact) mass is 409 g/mol. The Bertz CT molecular complexity index is 728. The summed E-state index contributed by atoms with van der Waals surface area (Å²) in [7, 11) is 1.52. The molecule has 1 aliphatic rings. The van der Waals surface area contributed by atoms with Gasteiger partial charge in [0.15, 0.2) is 5.17 Å². The molecule has 1 fully saturated rings. The highest BCUT2D eigenvalue weighted by molar-refractivity contribution is 8.15. The molecule has 0 radical (unpaired) electrons. The summed E-state index contributed by atoms with van der Waals surface area (Å²) in [5.41, 5.74) is -1.10. The summed E-state index contributed by atoms with van der Waals surface area (Å²) >= 11 is 6.62. The van der Waals surface area contributed by atoms with Crippen LogP contribution in [-0.2, 0) is 20.5 Å². The number of carbonyl (C=O) groups excluding carboxylic acids is 2. The first-order chi connectivity index (χ1) is 12.2. The van der Waals surface area contributed by atoms with Crippen molar-refractivity contribution in [1.29, 1.82) is 0 Å². The minimum absolute atomic E-state index is 0.0517. The van der Waals surface area contributed by atoms with Crippen molar-refractivity contribution < 1.29 is 27.5 Å². The quantitative estimate of drug-likeness (QED) is 0.708. The molecule has 6 nitrogen and oxygen atoms in total. The van der Waals surface area contributed by atoms with Gasteiger partial charge in [-0.1, -0.05) is 23.4 Å². The third-order valence-corrected chi connectivity index (χ3v) is 4.70. The van der Waals surface area contributed by atoms with Crippen molar-refractivity contribution in [3.8, 4) is 0 Å². The van der Waals surface area contributed by atoms with Crippen molar-refractivity contribution >= 4 is 46.0 Å². The number of methoxy groups -OCH3 is 1. The van der Waals surface area contributed by atoms with Crippen LogP contribution in [0.2, 0.25) is 5.02 Å². The maximum atomic E-state index is 12.8. The summed E-state index contributed by atoms with van der Waals surface area (Å²) < 4.78 is 43.4. The Morgan fingerprint density at radius 3 is 2.85 bits per heavy atom. The van der Waals surface area contributed by atoms with Crippen molar-refractivity contribution in [3.05, 3.63) is 28.8 Å². The second kappa shape index (κ2) is 8.74. The van der Waals surface area contributed by atoms with E-state index in [4.69, 9.17) is 16.3 Å². The molecule has 1 aliphatic heterocycles. The zero-order chi connectivity index (χ0) is 19.3. The first-order valence-electron chi connectivity index (χ1n) is 7.38. The summed E-state index contributed by atoms with van der Waals surface area (Å²) in [5.74, 6) is -0.973. The topological polar surface area (TPSA) is 79.8 Å². The number of thioether (sulfide) groups is 1.